The lowest BCUT2D eigenvalue weighted by Crippen LogP contribution is -2.43. The van der Waals surface area contributed by atoms with Crippen molar-refractivity contribution in [1.29, 1.82) is 0 Å². The Morgan fingerprint density at radius 1 is 1.02 bits per heavy atom. The lowest BCUT2D eigenvalue weighted by molar-refractivity contribution is 0.102. The van der Waals surface area contributed by atoms with Crippen LogP contribution in [0, 0.1) is 0 Å². The van der Waals surface area contributed by atoms with Gasteiger partial charge in [-0.1, -0.05) is 20.8 Å². The first-order valence-corrected chi connectivity index (χ1v) is 22.3. The average molecular weight is 713 g/mol. The van der Waals surface area contributed by atoms with Crippen molar-refractivity contribution in [3.8, 4) is 17.2 Å². The maximum atomic E-state index is 13.4. The maximum absolute atomic E-state index is 13.4. The van der Waals surface area contributed by atoms with E-state index in [1.807, 2.05) is 6.92 Å². The van der Waals surface area contributed by atoms with Crippen LogP contribution in [0.15, 0.2) is 52.7 Å². The molecule has 2 aromatic carbocycles. The largest absolute Gasteiger partial charge is 0.488 e. The number of nitrogens with one attached hydrogen (secondary N) is 1. The van der Waals surface area contributed by atoms with E-state index in [4.69, 9.17) is 22.9 Å². The van der Waals surface area contributed by atoms with Gasteiger partial charge in [-0.2, -0.15) is 0 Å². The van der Waals surface area contributed by atoms with Crippen molar-refractivity contribution in [1.82, 2.24) is 4.98 Å². The number of sulfone groups is 1. The molecule has 1 aromatic heterocycles. The Hall–Kier alpha value is -2.58. The monoisotopic (exact) mass is 712 g/mol. The van der Waals surface area contributed by atoms with Crippen molar-refractivity contribution < 1.29 is 40.7 Å². The van der Waals surface area contributed by atoms with Crippen LogP contribution >= 0.6 is 18.9 Å². The number of hydrogen-bond donors (Lipinski definition) is 1. The van der Waals surface area contributed by atoms with E-state index in [-0.39, 0.29) is 41.0 Å². The summed E-state index contributed by atoms with van der Waals surface area (Å²) in [6, 6.07) is 10.8. The first kappa shape index (κ1) is 37.9. The maximum Gasteiger partial charge on any atom is 0.336 e. The zero-order chi connectivity index (χ0) is 34.3. The third-order valence-electron chi connectivity index (χ3n) is 7.23. The van der Waals surface area contributed by atoms with Gasteiger partial charge in [-0.05, 0) is 75.3 Å². The van der Waals surface area contributed by atoms with Crippen LogP contribution in [0.4, 0.5) is 5.13 Å². The van der Waals surface area contributed by atoms with E-state index in [2.05, 4.69) is 44.2 Å². The lowest BCUT2D eigenvalue weighted by atomic mass is 10.2. The molecule has 0 unspecified atom stereocenters. The molecule has 11 nitrogen and oxygen atoms in total. The Labute approximate surface area is 277 Å². The minimum Gasteiger partial charge on any atom is -0.488 e. The summed E-state index contributed by atoms with van der Waals surface area (Å²) in [7, 11) is -8.74. The van der Waals surface area contributed by atoms with Crippen LogP contribution < -0.4 is 14.8 Å². The van der Waals surface area contributed by atoms with Crippen LogP contribution in [0.25, 0.3) is 0 Å². The summed E-state index contributed by atoms with van der Waals surface area (Å²) in [6.07, 6.45) is 0.782. The normalized spacial score (nSPS) is 13.3. The minimum absolute atomic E-state index is 0.0185. The molecule has 3 rings (SSSR count). The molecule has 254 valence electrons. The van der Waals surface area contributed by atoms with Gasteiger partial charge in [0.05, 0.1) is 36.6 Å². The number of carbonyl (C=O) groups excluding carboxylic acids is 1. The second-order valence-corrected chi connectivity index (χ2v) is 22.0. The quantitative estimate of drug-likeness (QED) is 0.114. The van der Waals surface area contributed by atoms with Crippen molar-refractivity contribution >= 4 is 48.1 Å². The predicted octanol–water partition coefficient (Wildman–Crippen LogP) is 8.15. The zero-order valence-electron chi connectivity index (χ0n) is 27.9. The minimum atomic E-state index is -3.37. The second kappa shape index (κ2) is 15.5. The van der Waals surface area contributed by atoms with E-state index in [1.54, 1.807) is 49.6 Å². The van der Waals surface area contributed by atoms with Crippen LogP contribution in [0.3, 0.4) is 0 Å². The third kappa shape index (κ3) is 11.0. The fourth-order valence-electron chi connectivity index (χ4n) is 3.86. The Balaban J connectivity index is 1.85. The molecule has 0 spiro atoms. The molecule has 0 aliphatic rings. The summed E-state index contributed by atoms with van der Waals surface area (Å²) in [5, 5.41) is 4.82. The topological polar surface area (TPSA) is 139 Å². The standard InChI is InChI=1S/C31H45N2O9PS2Si/c1-10-38-43(35,39-11-2)20-24-21-44-30(32-24)33-29(34)23-16-26(41-22(3)19-40-46(8,9)31(4,5)6)18-27(17-23)42-25-12-14-28(15-13-25)45(7,36)37/h12-18,21-22H,10-11,19-20H2,1-9H3,(H,32,33,34)/t22-/m0/s1. The number of anilines is 1. The predicted molar refractivity (Wildman–Crippen MR) is 184 cm³/mol. The number of rotatable bonds is 16. The Bertz CT molecular complexity index is 1630. The van der Waals surface area contributed by atoms with E-state index >= 15 is 0 Å². The molecule has 3 aromatic rings. The molecule has 1 N–H and O–H groups in total. The van der Waals surface area contributed by atoms with Crippen molar-refractivity contribution in [2.45, 2.75) is 76.8 Å². The fraction of sp³-hybridized carbons (Fsp3) is 0.484. The smallest absolute Gasteiger partial charge is 0.336 e. The SMILES string of the molecule is CCOP(=O)(Cc1csc(NC(=O)c2cc(Oc3ccc(S(C)(=O)=O)cc3)cc(O[C@@H](C)CO[Si](C)(C)C(C)(C)C)c2)n1)OCC. The average Bonchev–Trinajstić information content (AvgIpc) is 3.37. The van der Waals surface area contributed by atoms with Crippen molar-refractivity contribution in [3.05, 3.63) is 59.1 Å². The van der Waals surface area contributed by atoms with Gasteiger partial charge in [0.2, 0.25) is 0 Å². The molecule has 0 bridgehead atoms. The van der Waals surface area contributed by atoms with E-state index < -0.39 is 31.7 Å². The molecule has 1 heterocycles. The van der Waals surface area contributed by atoms with Crippen LogP contribution in [0.2, 0.25) is 18.1 Å². The van der Waals surface area contributed by atoms with E-state index in [0.717, 1.165) is 6.26 Å². The molecular formula is C31H45N2O9PS2Si. The highest BCUT2D eigenvalue weighted by Crippen LogP contribution is 2.51. The van der Waals surface area contributed by atoms with Gasteiger partial charge >= 0.3 is 7.60 Å². The molecule has 0 saturated heterocycles. The van der Waals surface area contributed by atoms with Gasteiger partial charge in [0.25, 0.3) is 5.91 Å². The molecule has 0 aliphatic carbocycles. The molecular weight excluding hydrogens is 668 g/mol. The molecule has 15 heteroatoms. The third-order valence-corrected chi connectivity index (χ3v) is 15.7. The highest BCUT2D eigenvalue weighted by atomic mass is 32.2. The summed E-state index contributed by atoms with van der Waals surface area (Å²) >= 11 is 1.19. The molecule has 0 fully saturated rings. The van der Waals surface area contributed by atoms with Gasteiger partial charge < -0.3 is 22.9 Å². The zero-order valence-corrected chi connectivity index (χ0v) is 31.4. The Morgan fingerprint density at radius 3 is 2.20 bits per heavy atom. The molecule has 0 aliphatic heterocycles. The van der Waals surface area contributed by atoms with Crippen LogP contribution in [0.1, 0.15) is 57.6 Å². The second-order valence-electron chi connectivity index (χ2n) is 12.2. The summed E-state index contributed by atoms with van der Waals surface area (Å²) in [6.45, 7) is 17.0. The number of ether oxygens (including phenoxy) is 2. The number of carbonyl (C=O) groups is 1. The molecule has 1 atom stereocenters. The van der Waals surface area contributed by atoms with Gasteiger partial charge in [-0.3, -0.25) is 14.7 Å². The van der Waals surface area contributed by atoms with Crippen molar-refractivity contribution in [2.24, 2.45) is 0 Å². The van der Waals surface area contributed by atoms with Gasteiger partial charge in [0.1, 0.15) is 23.4 Å². The summed E-state index contributed by atoms with van der Waals surface area (Å²) in [5.41, 5.74) is 0.712. The number of benzene rings is 2. The number of hydrogen-bond acceptors (Lipinski definition) is 11. The fourth-order valence-corrected chi connectivity index (χ4v) is 8.00. The highest BCUT2D eigenvalue weighted by Gasteiger charge is 2.37. The first-order chi connectivity index (χ1) is 21.3. The number of thiazole rings is 1. The summed E-state index contributed by atoms with van der Waals surface area (Å²) in [5.74, 6) is 0.604. The van der Waals surface area contributed by atoms with Crippen molar-refractivity contribution in [2.75, 3.05) is 31.4 Å². The van der Waals surface area contributed by atoms with Crippen LogP contribution in [0.5, 0.6) is 17.2 Å². The summed E-state index contributed by atoms with van der Waals surface area (Å²) in [4.78, 5) is 18.0. The number of nitrogens with zero attached hydrogens (tertiary/aromatic N) is 1. The molecule has 1 amide bonds. The van der Waals surface area contributed by atoms with Crippen molar-refractivity contribution in [3.63, 3.8) is 0 Å². The first-order valence-electron chi connectivity index (χ1n) is 14.9. The van der Waals surface area contributed by atoms with Gasteiger partial charge in [0, 0.05) is 23.3 Å². The lowest BCUT2D eigenvalue weighted by Gasteiger charge is -2.36. The highest BCUT2D eigenvalue weighted by molar-refractivity contribution is 7.90. The molecule has 0 radical (unpaired) electrons. The number of aromatic nitrogens is 1. The van der Waals surface area contributed by atoms with Gasteiger partial charge in [-0.15, -0.1) is 11.3 Å². The molecule has 0 saturated carbocycles. The Morgan fingerprint density at radius 2 is 1.63 bits per heavy atom. The van der Waals surface area contributed by atoms with E-state index in [0.29, 0.717) is 34.7 Å². The van der Waals surface area contributed by atoms with E-state index in [9.17, 15) is 17.8 Å². The molecule has 46 heavy (non-hydrogen) atoms. The van der Waals surface area contributed by atoms with Gasteiger partial charge in [-0.25, -0.2) is 13.4 Å². The Kier molecular flexibility index (Phi) is 12.8. The van der Waals surface area contributed by atoms with E-state index in [1.165, 1.54) is 23.5 Å². The summed E-state index contributed by atoms with van der Waals surface area (Å²) < 4.78 is 66.0. The van der Waals surface area contributed by atoms with Gasteiger partial charge in [0.15, 0.2) is 23.3 Å². The van der Waals surface area contributed by atoms with Crippen LogP contribution in [-0.4, -0.2) is 59.8 Å². The van der Waals surface area contributed by atoms with Crippen LogP contribution in [-0.2, 0) is 34.0 Å². The number of amides is 1.